The van der Waals surface area contributed by atoms with E-state index in [0.29, 0.717) is 21.0 Å². The molecule has 0 atom stereocenters. The molecule has 1 heterocycles. The van der Waals surface area contributed by atoms with E-state index in [1.807, 2.05) is 0 Å². The fraction of sp³-hybridized carbons (Fsp3) is 0. The maximum Gasteiger partial charge on any atom is 0.270 e. The maximum absolute atomic E-state index is 10.7. The Bertz CT molecular complexity index is 875. The van der Waals surface area contributed by atoms with Crippen LogP contribution < -0.4 is 5.32 Å². The summed E-state index contributed by atoms with van der Waals surface area (Å²) in [6, 6.07) is 10.4. The lowest BCUT2D eigenvalue weighted by atomic mass is 10.3. The molecule has 110 valence electrons. The molecule has 9 heteroatoms. The lowest BCUT2D eigenvalue weighted by Crippen LogP contribution is -1.91. The Morgan fingerprint density at radius 3 is 2.23 bits per heavy atom. The SMILES string of the molecule is O=[N+]([O-])c1ccc(Nc2nc3ccc([N+](=O)[O-])cc3s2)cc1. The first-order chi connectivity index (χ1) is 10.5. The van der Waals surface area contributed by atoms with E-state index in [2.05, 4.69) is 10.3 Å². The van der Waals surface area contributed by atoms with E-state index in [4.69, 9.17) is 0 Å². The highest BCUT2D eigenvalue weighted by Gasteiger charge is 2.11. The number of nitrogens with zero attached hydrogens (tertiary/aromatic N) is 3. The minimum atomic E-state index is -0.472. The molecule has 0 aliphatic rings. The Balaban J connectivity index is 1.87. The summed E-state index contributed by atoms with van der Waals surface area (Å²) in [4.78, 5) is 24.7. The highest BCUT2D eigenvalue weighted by atomic mass is 32.1. The molecule has 0 radical (unpaired) electrons. The van der Waals surface area contributed by atoms with Crippen LogP contribution in [0.25, 0.3) is 10.2 Å². The van der Waals surface area contributed by atoms with Crippen molar-refractivity contribution in [2.24, 2.45) is 0 Å². The second-order valence-corrected chi connectivity index (χ2v) is 5.39. The monoisotopic (exact) mass is 316 g/mol. The van der Waals surface area contributed by atoms with Crippen LogP contribution in [-0.4, -0.2) is 14.8 Å². The van der Waals surface area contributed by atoms with E-state index >= 15 is 0 Å². The van der Waals surface area contributed by atoms with Crippen molar-refractivity contribution in [2.45, 2.75) is 0 Å². The first kappa shape index (κ1) is 13.9. The second-order valence-electron chi connectivity index (χ2n) is 4.36. The number of anilines is 2. The van der Waals surface area contributed by atoms with Gasteiger partial charge in [-0.3, -0.25) is 20.2 Å². The van der Waals surface area contributed by atoms with Crippen molar-refractivity contribution < 1.29 is 9.85 Å². The largest absolute Gasteiger partial charge is 0.332 e. The van der Waals surface area contributed by atoms with Crippen molar-refractivity contribution in [3.63, 3.8) is 0 Å². The highest BCUT2D eigenvalue weighted by Crippen LogP contribution is 2.31. The summed E-state index contributed by atoms with van der Waals surface area (Å²) < 4.78 is 0.693. The Morgan fingerprint density at radius 1 is 0.955 bits per heavy atom. The number of nitro benzene ring substituents is 2. The summed E-state index contributed by atoms with van der Waals surface area (Å²) in [7, 11) is 0. The van der Waals surface area contributed by atoms with Crippen LogP contribution in [0.3, 0.4) is 0 Å². The van der Waals surface area contributed by atoms with Crippen LogP contribution in [0.1, 0.15) is 0 Å². The standard InChI is InChI=1S/C13H8N4O4S/c18-16(19)9-3-1-8(2-4-9)14-13-15-11-6-5-10(17(20)21)7-12(11)22-13/h1-7H,(H,14,15). The minimum Gasteiger partial charge on any atom is -0.332 e. The Kier molecular flexibility index (Phi) is 3.39. The normalized spacial score (nSPS) is 10.5. The Labute approximate surface area is 127 Å². The lowest BCUT2D eigenvalue weighted by molar-refractivity contribution is -0.385. The van der Waals surface area contributed by atoms with Crippen molar-refractivity contribution >= 4 is 43.7 Å². The molecular weight excluding hydrogens is 308 g/mol. The maximum atomic E-state index is 10.7. The van der Waals surface area contributed by atoms with Crippen LogP contribution in [0.15, 0.2) is 42.5 Å². The quantitative estimate of drug-likeness (QED) is 0.578. The van der Waals surface area contributed by atoms with Crippen molar-refractivity contribution in [3.8, 4) is 0 Å². The van der Waals surface area contributed by atoms with E-state index in [1.54, 1.807) is 18.2 Å². The molecule has 8 nitrogen and oxygen atoms in total. The number of benzene rings is 2. The summed E-state index contributed by atoms with van der Waals surface area (Å²) in [6.45, 7) is 0. The van der Waals surface area contributed by atoms with Crippen LogP contribution in [0.2, 0.25) is 0 Å². The molecule has 3 rings (SSSR count). The van der Waals surface area contributed by atoms with Gasteiger partial charge in [-0.2, -0.15) is 0 Å². The number of hydrogen-bond acceptors (Lipinski definition) is 7. The zero-order valence-electron chi connectivity index (χ0n) is 10.9. The van der Waals surface area contributed by atoms with Gasteiger partial charge in [0.1, 0.15) is 0 Å². The van der Waals surface area contributed by atoms with E-state index in [1.165, 1.54) is 35.6 Å². The predicted molar refractivity (Wildman–Crippen MR) is 82.7 cm³/mol. The first-order valence-corrected chi connectivity index (χ1v) is 6.91. The molecule has 0 unspecified atom stereocenters. The van der Waals surface area contributed by atoms with Gasteiger partial charge in [-0.1, -0.05) is 11.3 Å². The fourth-order valence-electron chi connectivity index (χ4n) is 1.87. The van der Waals surface area contributed by atoms with Gasteiger partial charge in [0.15, 0.2) is 5.13 Å². The summed E-state index contributed by atoms with van der Waals surface area (Å²) in [5.74, 6) is 0. The molecule has 1 N–H and O–H groups in total. The molecule has 2 aromatic carbocycles. The highest BCUT2D eigenvalue weighted by molar-refractivity contribution is 7.22. The molecule has 0 amide bonds. The smallest absolute Gasteiger partial charge is 0.270 e. The van der Waals surface area contributed by atoms with Gasteiger partial charge in [-0.15, -0.1) is 0 Å². The number of non-ortho nitro benzene ring substituents is 2. The third-order valence-corrected chi connectivity index (χ3v) is 3.85. The van der Waals surface area contributed by atoms with Crippen molar-refractivity contribution in [2.75, 3.05) is 5.32 Å². The van der Waals surface area contributed by atoms with Crippen LogP contribution >= 0.6 is 11.3 Å². The third-order valence-electron chi connectivity index (χ3n) is 2.91. The number of thiazole rings is 1. The van der Waals surface area contributed by atoms with Crippen LogP contribution in [-0.2, 0) is 0 Å². The minimum absolute atomic E-state index is 0.00507. The molecule has 22 heavy (non-hydrogen) atoms. The predicted octanol–water partition coefficient (Wildman–Crippen LogP) is 3.86. The zero-order valence-corrected chi connectivity index (χ0v) is 11.7. The first-order valence-electron chi connectivity index (χ1n) is 6.09. The molecule has 0 saturated carbocycles. The molecule has 0 fully saturated rings. The topological polar surface area (TPSA) is 111 Å². The van der Waals surface area contributed by atoms with E-state index in [0.717, 1.165) is 0 Å². The summed E-state index contributed by atoms with van der Waals surface area (Å²) in [5, 5.41) is 24.9. The van der Waals surface area contributed by atoms with E-state index < -0.39 is 9.85 Å². The van der Waals surface area contributed by atoms with Gasteiger partial charge in [0, 0.05) is 30.0 Å². The number of nitrogens with one attached hydrogen (secondary N) is 1. The van der Waals surface area contributed by atoms with Crippen molar-refractivity contribution in [1.29, 1.82) is 0 Å². The van der Waals surface area contributed by atoms with Gasteiger partial charge in [0.25, 0.3) is 11.4 Å². The summed E-state index contributed by atoms with van der Waals surface area (Å²) in [6.07, 6.45) is 0. The van der Waals surface area contributed by atoms with Gasteiger partial charge >= 0.3 is 0 Å². The van der Waals surface area contributed by atoms with Crippen LogP contribution in [0, 0.1) is 20.2 Å². The molecule has 0 spiro atoms. The van der Waals surface area contributed by atoms with Crippen LogP contribution in [0.5, 0.6) is 0 Å². The van der Waals surface area contributed by atoms with Gasteiger partial charge in [0.2, 0.25) is 0 Å². The van der Waals surface area contributed by atoms with E-state index in [-0.39, 0.29) is 11.4 Å². The van der Waals surface area contributed by atoms with Crippen LogP contribution in [0.4, 0.5) is 22.2 Å². The Hall–Kier alpha value is -3.07. The average molecular weight is 316 g/mol. The fourth-order valence-corrected chi connectivity index (χ4v) is 2.79. The molecule has 0 aliphatic heterocycles. The van der Waals surface area contributed by atoms with Gasteiger partial charge in [-0.05, 0) is 18.2 Å². The van der Waals surface area contributed by atoms with Gasteiger partial charge in [0.05, 0.1) is 20.1 Å². The molecule has 0 saturated heterocycles. The van der Waals surface area contributed by atoms with Crippen molar-refractivity contribution in [3.05, 3.63) is 62.7 Å². The summed E-state index contributed by atoms with van der Waals surface area (Å²) in [5.41, 5.74) is 1.32. The van der Waals surface area contributed by atoms with E-state index in [9.17, 15) is 20.2 Å². The van der Waals surface area contributed by atoms with Gasteiger partial charge in [-0.25, -0.2) is 4.98 Å². The van der Waals surface area contributed by atoms with Crippen molar-refractivity contribution in [1.82, 2.24) is 4.98 Å². The Morgan fingerprint density at radius 2 is 1.59 bits per heavy atom. The number of nitro groups is 2. The number of hydrogen-bond donors (Lipinski definition) is 1. The molecule has 1 aromatic heterocycles. The average Bonchev–Trinajstić information content (AvgIpc) is 2.88. The number of aromatic nitrogens is 1. The molecule has 0 aliphatic carbocycles. The number of fused-ring (bicyclic) bond motifs is 1. The lowest BCUT2D eigenvalue weighted by Gasteiger charge is -2.00. The number of rotatable bonds is 4. The molecular formula is C13H8N4O4S. The molecule has 3 aromatic rings. The zero-order chi connectivity index (χ0) is 15.7. The third kappa shape index (κ3) is 2.69. The van der Waals surface area contributed by atoms with Gasteiger partial charge < -0.3 is 5.32 Å². The second kappa shape index (κ2) is 5.37. The molecule has 0 bridgehead atoms. The summed E-state index contributed by atoms with van der Waals surface area (Å²) >= 11 is 1.27.